The minimum atomic E-state index is -4.98. The number of aliphatic hydroxyl groups excluding tert-OH is 1. The fourth-order valence-corrected chi connectivity index (χ4v) is 12.2. The first kappa shape index (κ1) is 96.0. The van der Waals surface area contributed by atoms with Gasteiger partial charge in [0, 0.05) is 25.7 Å². The molecular weight excluding hydrogens is 1310 g/mol. The number of carbonyl (C=O) groups is 4. The van der Waals surface area contributed by atoms with Crippen molar-refractivity contribution in [2.45, 2.75) is 354 Å². The SMILES string of the molecule is CC/C=C\C/C=C\C/C=C\C/C=C\C/C=C\CCCC(=O)OCC(COP(=O)(O)OCC(O)COP(=O)(O)OCC(COC(=O)CCCCCCCCC/C=C\C/C=C\C/C=C\CC)OC(=O)CCCCCCCCCCCCCCCCC)OC(=O)CCCCCCCCCCCCC. The average molecular weight is 1450 g/mol. The molecule has 0 saturated heterocycles. The summed E-state index contributed by atoms with van der Waals surface area (Å²) in [5.74, 6) is -2.23. The molecule has 0 aromatic heterocycles. The molecule has 0 fully saturated rings. The molecule has 100 heavy (non-hydrogen) atoms. The maximum atomic E-state index is 13.1. The van der Waals surface area contributed by atoms with Gasteiger partial charge >= 0.3 is 39.5 Å². The summed E-state index contributed by atoms with van der Waals surface area (Å²) in [7, 11) is -9.96. The molecule has 0 saturated carbocycles. The van der Waals surface area contributed by atoms with Gasteiger partial charge in [0.2, 0.25) is 0 Å². The summed E-state index contributed by atoms with van der Waals surface area (Å²) in [4.78, 5) is 72.9. The summed E-state index contributed by atoms with van der Waals surface area (Å²) < 4.78 is 68.5. The van der Waals surface area contributed by atoms with E-state index in [1.54, 1.807) is 0 Å². The molecule has 17 nitrogen and oxygen atoms in total. The van der Waals surface area contributed by atoms with Crippen LogP contribution < -0.4 is 0 Å². The maximum Gasteiger partial charge on any atom is 0.472 e. The lowest BCUT2D eigenvalue weighted by molar-refractivity contribution is -0.161. The fraction of sp³-hybridized carbons (Fsp3) is 0.753. The Morgan fingerprint density at radius 2 is 0.530 bits per heavy atom. The van der Waals surface area contributed by atoms with Gasteiger partial charge in [-0.1, -0.05) is 311 Å². The third-order valence-electron chi connectivity index (χ3n) is 16.6. The van der Waals surface area contributed by atoms with Crippen LogP contribution in [0.3, 0.4) is 0 Å². The molecule has 3 N–H and O–H groups in total. The molecule has 0 aromatic carbocycles. The number of phosphoric ester groups is 2. The Labute approximate surface area is 607 Å². The standard InChI is InChI=1S/C81H142O17P2/c1-5-9-13-17-21-25-29-32-35-37-40-42-46-49-53-57-61-65-78(83)91-71-76(97-80(85)67-63-59-55-51-45-28-24-20-16-12-8-4)73-95-99(87,88)93-69-75(82)70-94-100(89,90)96-74-77(98-81(86)68-64-60-56-52-48-44-39-34-31-27-23-19-15-11-7-3)72-92-79(84)66-62-58-54-50-47-43-41-38-36-33-30-26-22-18-14-10-6-2/h9-10,13-14,21-22,25-26,32-33,35-36,40,42,49,53,75-77,82H,5-8,11-12,15-20,23-24,27-31,34,37-39,41,43-48,50-52,54-74H2,1-4H3,(H,87,88)(H,89,90)/b13-9-,14-10-,25-21-,26-22-,35-32-,36-33-,42-40-,53-49-. The van der Waals surface area contributed by atoms with Crippen molar-refractivity contribution in [3.63, 3.8) is 0 Å². The van der Waals surface area contributed by atoms with Crippen LogP contribution in [0.2, 0.25) is 0 Å². The highest BCUT2D eigenvalue weighted by Gasteiger charge is 2.30. The first-order valence-electron chi connectivity index (χ1n) is 39.5. The summed E-state index contributed by atoms with van der Waals surface area (Å²) in [6, 6.07) is 0. The van der Waals surface area contributed by atoms with Crippen LogP contribution in [0.4, 0.5) is 0 Å². The minimum Gasteiger partial charge on any atom is -0.462 e. The highest BCUT2D eigenvalue weighted by molar-refractivity contribution is 7.47. The third kappa shape index (κ3) is 72.3. The van der Waals surface area contributed by atoms with E-state index < -0.39 is 97.5 Å². The van der Waals surface area contributed by atoms with Gasteiger partial charge in [-0.3, -0.25) is 37.3 Å². The normalized spacial score (nSPS) is 14.4. The van der Waals surface area contributed by atoms with Crippen molar-refractivity contribution in [2.75, 3.05) is 39.6 Å². The topological polar surface area (TPSA) is 237 Å². The maximum absolute atomic E-state index is 13.1. The minimum absolute atomic E-state index is 0.0853. The van der Waals surface area contributed by atoms with Gasteiger partial charge in [0.25, 0.3) is 0 Å². The molecule has 19 heteroatoms. The van der Waals surface area contributed by atoms with E-state index in [1.165, 1.54) is 103 Å². The number of ether oxygens (including phenoxy) is 4. The molecule has 0 aliphatic carbocycles. The monoisotopic (exact) mass is 1450 g/mol. The van der Waals surface area contributed by atoms with Gasteiger partial charge in [0.05, 0.1) is 26.4 Å². The molecule has 0 bridgehead atoms. The van der Waals surface area contributed by atoms with Gasteiger partial charge in [-0.2, -0.15) is 0 Å². The van der Waals surface area contributed by atoms with Gasteiger partial charge in [-0.15, -0.1) is 0 Å². The van der Waals surface area contributed by atoms with Gasteiger partial charge in [0.1, 0.15) is 19.3 Å². The second kappa shape index (κ2) is 73.3. The molecule has 0 spiro atoms. The molecule has 0 rings (SSSR count). The largest absolute Gasteiger partial charge is 0.472 e. The van der Waals surface area contributed by atoms with E-state index in [9.17, 15) is 43.2 Å². The summed E-state index contributed by atoms with van der Waals surface area (Å²) in [5, 5.41) is 10.6. The zero-order valence-corrected chi connectivity index (χ0v) is 64.9. The molecule has 0 radical (unpaired) electrons. The van der Waals surface area contributed by atoms with Crippen LogP contribution in [-0.2, 0) is 65.4 Å². The lowest BCUT2D eigenvalue weighted by atomic mass is 10.0. The van der Waals surface area contributed by atoms with Crippen LogP contribution in [0.15, 0.2) is 97.2 Å². The van der Waals surface area contributed by atoms with E-state index in [-0.39, 0.29) is 25.7 Å². The van der Waals surface area contributed by atoms with Crippen LogP contribution in [0, 0.1) is 0 Å². The van der Waals surface area contributed by atoms with Crippen molar-refractivity contribution in [3.8, 4) is 0 Å². The molecule has 5 unspecified atom stereocenters. The highest BCUT2D eigenvalue weighted by Crippen LogP contribution is 2.45. The van der Waals surface area contributed by atoms with Crippen LogP contribution in [-0.4, -0.2) is 96.7 Å². The summed E-state index contributed by atoms with van der Waals surface area (Å²) in [6.07, 6.45) is 76.8. The summed E-state index contributed by atoms with van der Waals surface area (Å²) >= 11 is 0. The van der Waals surface area contributed by atoms with Crippen molar-refractivity contribution < 1.29 is 80.2 Å². The molecule has 0 heterocycles. The number of aliphatic hydroxyl groups is 1. The van der Waals surface area contributed by atoms with E-state index in [0.717, 1.165) is 148 Å². The molecule has 0 aromatic rings. The number of phosphoric acid groups is 2. The Kier molecular flexibility index (Phi) is 70.4. The Balaban J connectivity index is 5.35. The average Bonchev–Trinajstić information content (AvgIpc) is 0.989. The lowest BCUT2D eigenvalue weighted by Gasteiger charge is -2.21. The number of rotatable bonds is 74. The van der Waals surface area contributed by atoms with E-state index >= 15 is 0 Å². The molecule has 5 atom stereocenters. The number of hydrogen-bond acceptors (Lipinski definition) is 15. The zero-order valence-electron chi connectivity index (χ0n) is 63.1. The predicted octanol–water partition coefficient (Wildman–Crippen LogP) is 22.8. The van der Waals surface area contributed by atoms with E-state index in [2.05, 4.69) is 113 Å². The van der Waals surface area contributed by atoms with Crippen LogP contribution in [0.1, 0.15) is 336 Å². The van der Waals surface area contributed by atoms with Crippen molar-refractivity contribution in [1.82, 2.24) is 0 Å². The van der Waals surface area contributed by atoms with Gasteiger partial charge in [0.15, 0.2) is 12.2 Å². The van der Waals surface area contributed by atoms with Crippen LogP contribution >= 0.6 is 15.6 Å². The molecule has 0 amide bonds. The van der Waals surface area contributed by atoms with Crippen LogP contribution in [0.5, 0.6) is 0 Å². The van der Waals surface area contributed by atoms with Crippen LogP contribution in [0.25, 0.3) is 0 Å². The Bertz CT molecular complexity index is 2270. The Morgan fingerprint density at radius 3 is 0.840 bits per heavy atom. The predicted molar refractivity (Wildman–Crippen MR) is 409 cm³/mol. The summed E-state index contributed by atoms with van der Waals surface area (Å²) in [5.41, 5.74) is 0. The molecular formula is C81H142O17P2. The molecule has 0 aliphatic heterocycles. The van der Waals surface area contributed by atoms with E-state index in [4.69, 9.17) is 37.0 Å². The zero-order chi connectivity index (χ0) is 73.2. The van der Waals surface area contributed by atoms with E-state index in [0.29, 0.717) is 32.1 Å². The first-order chi connectivity index (χ1) is 48.7. The van der Waals surface area contributed by atoms with Crippen molar-refractivity contribution in [2.24, 2.45) is 0 Å². The summed E-state index contributed by atoms with van der Waals surface area (Å²) in [6.45, 7) is 4.61. The van der Waals surface area contributed by atoms with Gasteiger partial charge in [-0.05, 0) is 96.3 Å². The third-order valence-corrected chi connectivity index (χ3v) is 18.5. The number of allylic oxidation sites excluding steroid dienone is 16. The van der Waals surface area contributed by atoms with Crippen molar-refractivity contribution >= 4 is 39.5 Å². The van der Waals surface area contributed by atoms with Crippen molar-refractivity contribution in [1.29, 1.82) is 0 Å². The Morgan fingerprint density at radius 1 is 0.290 bits per heavy atom. The quantitative estimate of drug-likeness (QED) is 0.0169. The fourth-order valence-electron chi connectivity index (χ4n) is 10.6. The number of unbranched alkanes of at least 4 members (excludes halogenated alkanes) is 32. The lowest BCUT2D eigenvalue weighted by Crippen LogP contribution is -2.30. The smallest absolute Gasteiger partial charge is 0.462 e. The Hall–Kier alpha value is -4.02. The van der Waals surface area contributed by atoms with Crippen molar-refractivity contribution in [3.05, 3.63) is 97.2 Å². The first-order valence-corrected chi connectivity index (χ1v) is 42.5. The van der Waals surface area contributed by atoms with Gasteiger partial charge in [-0.25, -0.2) is 9.13 Å². The second-order valence-corrected chi connectivity index (χ2v) is 29.2. The number of esters is 4. The number of carbonyl (C=O) groups excluding carboxylic acids is 4. The second-order valence-electron chi connectivity index (χ2n) is 26.3. The molecule has 578 valence electrons. The van der Waals surface area contributed by atoms with Gasteiger partial charge < -0.3 is 33.8 Å². The molecule has 0 aliphatic rings. The highest BCUT2D eigenvalue weighted by atomic mass is 31.2. The van der Waals surface area contributed by atoms with E-state index in [1.807, 2.05) is 12.2 Å². The number of hydrogen-bond donors (Lipinski definition) is 3.